The van der Waals surface area contributed by atoms with Gasteiger partial charge >= 0.3 is 0 Å². The van der Waals surface area contributed by atoms with Crippen molar-refractivity contribution in [2.75, 3.05) is 11.9 Å². The number of nitrogens with zero attached hydrogens (tertiary/aromatic N) is 5. The van der Waals surface area contributed by atoms with Crippen LogP contribution in [0, 0.1) is 6.92 Å². The minimum atomic E-state index is -0.0382. The van der Waals surface area contributed by atoms with Gasteiger partial charge in [0.2, 0.25) is 11.8 Å². The Morgan fingerprint density at radius 3 is 2.84 bits per heavy atom. The largest absolute Gasteiger partial charge is 0.478 e. The molecule has 0 saturated heterocycles. The molecule has 2 aromatic heterocycles. The molecule has 1 N–H and O–H groups in total. The highest BCUT2D eigenvalue weighted by atomic mass is 16.5. The molecule has 0 aromatic carbocycles. The van der Waals surface area contributed by atoms with Gasteiger partial charge in [-0.2, -0.15) is 4.98 Å². The first-order valence-corrected chi connectivity index (χ1v) is 6.19. The van der Waals surface area contributed by atoms with E-state index in [9.17, 15) is 0 Å². The molecule has 7 heteroatoms. The number of aromatic nitrogens is 5. The van der Waals surface area contributed by atoms with Crippen LogP contribution < -0.4 is 10.1 Å². The van der Waals surface area contributed by atoms with Crippen LogP contribution >= 0.6 is 0 Å². The van der Waals surface area contributed by atoms with Gasteiger partial charge in [0.05, 0.1) is 12.6 Å². The van der Waals surface area contributed by atoms with E-state index >= 15 is 0 Å². The Balaban J connectivity index is 2.16. The molecule has 7 nitrogen and oxygen atoms in total. The Morgan fingerprint density at radius 2 is 2.21 bits per heavy atom. The smallest absolute Gasteiger partial charge is 0.226 e. The Labute approximate surface area is 112 Å². The Hall–Kier alpha value is -2.18. The fourth-order valence-electron chi connectivity index (χ4n) is 1.77. The lowest BCUT2D eigenvalue weighted by Crippen LogP contribution is -2.14. The monoisotopic (exact) mass is 262 g/mol. The van der Waals surface area contributed by atoms with Crippen LogP contribution in [0.25, 0.3) is 0 Å². The second-order valence-corrected chi connectivity index (χ2v) is 4.27. The maximum absolute atomic E-state index is 5.40. The fourth-order valence-corrected chi connectivity index (χ4v) is 1.77. The van der Waals surface area contributed by atoms with Crippen LogP contribution in [0.5, 0.6) is 5.88 Å². The fraction of sp³-hybridized carbons (Fsp3) is 0.500. The highest BCUT2D eigenvalue weighted by molar-refractivity contribution is 5.32. The van der Waals surface area contributed by atoms with Crippen LogP contribution in [-0.2, 0) is 7.05 Å². The van der Waals surface area contributed by atoms with E-state index in [-0.39, 0.29) is 6.04 Å². The second-order valence-electron chi connectivity index (χ2n) is 4.27. The van der Waals surface area contributed by atoms with Gasteiger partial charge < -0.3 is 14.6 Å². The molecule has 2 rings (SSSR count). The van der Waals surface area contributed by atoms with Crippen molar-refractivity contribution in [3.8, 4) is 5.88 Å². The molecule has 0 aliphatic rings. The summed E-state index contributed by atoms with van der Waals surface area (Å²) < 4.78 is 7.26. The second kappa shape index (κ2) is 5.64. The van der Waals surface area contributed by atoms with Gasteiger partial charge in [-0.3, -0.25) is 0 Å². The molecule has 0 aliphatic heterocycles. The molecule has 0 spiro atoms. The maximum atomic E-state index is 5.40. The summed E-state index contributed by atoms with van der Waals surface area (Å²) in [4.78, 5) is 8.64. The predicted octanol–water partition coefficient (Wildman–Crippen LogP) is 1.49. The maximum Gasteiger partial charge on any atom is 0.226 e. The van der Waals surface area contributed by atoms with Gasteiger partial charge in [0.25, 0.3) is 0 Å². The van der Waals surface area contributed by atoms with E-state index in [1.165, 1.54) is 0 Å². The number of rotatable bonds is 5. The molecule has 1 atom stereocenters. The number of aryl methyl sites for hydroxylation is 2. The average Bonchev–Trinajstić information content (AvgIpc) is 2.75. The summed E-state index contributed by atoms with van der Waals surface area (Å²) in [6.45, 7) is 6.39. The molecule has 2 heterocycles. The normalized spacial score (nSPS) is 12.2. The lowest BCUT2D eigenvalue weighted by molar-refractivity contribution is 0.326. The highest BCUT2D eigenvalue weighted by Gasteiger charge is 2.13. The lowest BCUT2D eigenvalue weighted by atomic mass is 10.3. The van der Waals surface area contributed by atoms with Gasteiger partial charge in [0.15, 0.2) is 5.82 Å². The standard InChI is InChI=1S/C12H18N6O/c1-5-19-10-6-8(2)14-12(16-10)15-9(3)11-17-13-7-18(11)4/h6-7,9H,5H2,1-4H3,(H,14,15,16). The quantitative estimate of drug-likeness (QED) is 0.879. The van der Waals surface area contributed by atoms with Gasteiger partial charge in [-0.25, -0.2) is 4.98 Å². The van der Waals surface area contributed by atoms with E-state index < -0.39 is 0 Å². The summed E-state index contributed by atoms with van der Waals surface area (Å²) in [6, 6.07) is 1.77. The molecule has 0 saturated carbocycles. The van der Waals surface area contributed by atoms with Gasteiger partial charge in [0.1, 0.15) is 6.33 Å². The van der Waals surface area contributed by atoms with E-state index in [1.54, 1.807) is 6.33 Å². The van der Waals surface area contributed by atoms with Crippen molar-refractivity contribution in [3.63, 3.8) is 0 Å². The van der Waals surface area contributed by atoms with E-state index in [2.05, 4.69) is 25.5 Å². The third kappa shape index (κ3) is 3.18. The van der Waals surface area contributed by atoms with Crippen LogP contribution in [0.4, 0.5) is 5.95 Å². The molecular formula is C12H18N6O. The van der Waals surface area contributed by atoms with E-state index in [0.717, 1.165) is 11.5 Å². The van der Waals surface area contributed by atoms with Crippen molar-refractivity contribution < 1.29 is 4.74 Å². The van der Waals surface area contributed by atoms with Crippen LogP contribution in [0.2, 0.25) is 0 Å². The Kier molecular flexibility index (Phi) is 3.94. The number of hydrogen-bond donors (Lipinski definition) is 1. The first kappa shape index (κ1) is 13.3. The summed E-state index contributed by atoms with van der Waals surface area (Å²) >= 11 is 0. The lowest BCUT2D eigenvalue weighted by Gasteiger charge is -2.14. The van der Waals surface area contributed by atoms with Crippen LogP contribution in [0.15, 0.2) is 12.4 Å². The summed E-state index contributed by atoms with van der Waals surface area (Å²) in [5, 5.41) is 11.1. The Bertz CT molecular complexity index is 553. The van der Waals surface area contributed by atoms with Crippen molar-refractivity contribution in [1.29, 1.82) is 0 Å². The number of ether oxygens (including phenoxy) is 1. The third-order valence-corrected chi connectivity index (χ3v) is 2.60. The molecule has 0 aliphatic carbocycles. The van der Waals surface area contributed by atoms with Crippen molar-refractivity contribution in [1.82, 2.24) is 24.7 Å². The summed E-state index contributed by atoms with van der Waals surface area (Å²) in [5.74, 6) is 1.92. The topological polar surface area (TPSA) is 77.8 Å². The van der Waals surface area contributed by atoms with Crippen LogP contribution in [0.3, 0.4) is 0 Å². The van der Waals surface area contributed by atoms with Crippen molar-refractivity contribution in [3.05, 3.63) is 23.9 Å². The number of nitrogens with one attached hydrogen (secondary N) is 1. The Morgan fingerprint density at radius 1 is 1.42 bits per heavy atom. The number of anilines is 1. The summed E-state index contributed by atoms with van der Waals surface area (Å²) in [7, 11) is 1.90. The van der Waals surface area contributed by atoms with Gasteiger partial charge in [-0.15, -0.1) is 10.2 Å². The van der Waals surface area contributed by atoms with E-state index in [4.69, 9.17) is 4.74 Å². The van der Waals surface area contributed by atoms with Gasteiger partial charge in [-0.1, -0.05) is 0 Å². The molecule has 0 fully saturated rings. The third-order valence-electron chi connectivity index (χ3n) is 2.60. The molecule has 0 bridgehead atoms. The van der Waals surface area contributed by atoms with Gasteiger partial charge in [-0.05, 0) is 20.8 Å². The highest BCUT2D eigenvalue weighted by Crippen LogP contribution is 2.17. The zero-order valence-electron chi connectivity index (χ0n) is 11.6. The number of hydrogen-bond acceptors (Lipinski definition) is 6. The zero-order valence-corrected chi connectivity index (χ0v) is 11.6. The zero-order chi connectivity index (χ0) is 13.8. The minimum absolute atomic E-state index is 0.0382. The van der Waals surface area contributed by atoms with E-state index in [1.807, 2.05) is 38.5 Å². The summed E-state index contributed by atoms with van der Waals surface area (Å²) in [6.07, 6.45) is 1.66. The first-order valence-electron chi connectivity index (χ1n) is 6.19. The molecule has 0 amide bonds. The molecule has 1 unspecified atom stereocenters. The van der Waals surface area contributed by atoms with Crippen molar-refractivity contribution >= 4 is 5.95 Å². The molecule has 19 heavy (non-hydrogen) atoms. The van der Waals surface area contributed by atoms with Crippen LogP contribution in [0.1, 0.15) is 31.4 Å². The molecule has 102 valence electrons. The average molecular weight is 262 g/mol. The SMILES string of the molecule is CCOc1cc(C)nc(NC(C)c2nncn2C)n1. The molecule has 0 radical (unpaired) electrons. The van der Waals surface area contributed by atoms with Crippen molar-refractivity contribution in [2.24, 2.45) is 7.05 Å². The van der Waals surface area contributed by atoms with Crippen molar-refractivity contribution in [2.45, 2.75) is 26.8 Å². The first-order chi connectivity index (χ1) is 9.10. The van der Waals surface area contributed by atoms with E-state index in [0.29, 0.717) is 18.4 Å². The molecule has 2 aromatic rings. The minimum Gasteiger partial charge on any atom is -0.478 e. The molecular weight excluding hydrogens is 244 g/mol. The van der Waals surface area contributed by atoms with Gasteiger partial charge in [0, 0.05) is 18.8 Å². The predicted molar refractivity (Wildman–Crippen MR) is 71.0 cm³/mol. The van der Waals surface area contributed by atoms with Crippen LogP contribution in [-0.4, -0.2) is 31.3 Å². The summed E-state index contributed by atoms with van der Waals surface area (Å²) in [5.41, 5.74) is 0.853.